The molecule has 25 heavy (non-hydrogen) atoms. The quantitative estimate of drug-likeness (QED) is 0.737. The minimum absolute atomic E-state index is 0.0462. The number of carbonyl (C=O) groups is 2. The summed E-state index contributed by atoms with van der Waals surface area (Å²) in [5.41, 5.74) is 0.341. The number of nitrogens with zero attached hydrogens (tertiary/aromatic N) is 2. The number of aryl methyl sites for hydroxylation is 1. The number of fused-ring (bicyclic) bond motifs is 1. The molecular weight excluding hydrogens is 344 g/mol. The third-order valence-electron chi connectivity index (χ3n) is 4.79. The van der Waals surface area contributed by atoms with Crippen molar-refractivity contribution in [3.8, 4) is 0 Å². The van der Waals surface area contributed by atoms with Crippen LogP contribution in [0, 0.1) is 0 Å². The minimum atomic E-state index is -3.84. The van der Waals surface area contributed by atoms with Crippen LogP contribution in [-0.4, -0.2) is 49.8 Å². The summed E-state index contributed by atoms with van der Waals surface area (Å²) in [4.78, 5) is 25.5. The predicted octanol–water partition coefficient (Wildman–Crippen LogP) is 1.31. The Bertz CT molecular complexity index is 831. The van der Waals surface area contributed by atoms with E-state index < -0.39 is 21.5 Å². The summed E-state index contributed by atoms with van der Waals surface area (Å²) in [7, 11) is -3.84. The number of benzene rings is 1. The van der Waals surface area contributed by atoms with Gasteiger partial charge in [0.25, 0.3) is 0 Å². The molecule has 0 aromatic heterocycles. The highest BCUT2D eigenvalue weighted by Gasteiger charge is 2.46. The first-order chi connectivity index (χ1) is 11.7. The maximum absolute atomic E-state index is 13.1. The van der Waals surface area contributed by atoms with Gasteiger partial charge < -0.3 is 9.64 Å². The lowest BCUT2D eigenvalue weighted by Gasteiger charge is -2.39. The number of ether oxygens (including phenoxy) is 1. The van der Waals surface area contributed by atoms with E-state index in [0.29, 0.717) is 13.0 Å². The Morgan fingerprint density at radius 3 is 2.64 bits per heavy atom. The van der Waals surface area contributed by atoms with Crippen molar-refractivity contribution in [2.45, 2.75) is 44.0 Å². The highest BCUT2D eigenvalue weighted by molar-refractivity contribution is 7.89. The van der Waals surface area contributed by atoms with Gasteiger partial charge in [0.2, 0.25) is 15.9 Å². The van der Waals surface area contributed by atoms with Gasteiger partial charge in [-0.05, 0) is 50.5 Å². The van der Waals surface area contributed by atoms with Gasteiger partial charge >= 0.3 is 5.97 Å². The molecule has 7 nitrogen and oxygen atoms in total. The number of sulfonamides is 1. The molecule has 1 aromatic carbocycles. The maximum atomic E-state index is 13.1. The Kier molecular flexibility index (Phi) is 4.36. The van der Waals surface area contributed by atoms with Crippen LogP contribution in [-0.2, 0) is 30.8 Å². The molecule has 0 radical (unpaired) electrons. The zero-order chi connectivity index (χ0) is 18.4. The zero-order valence-electron chi connectivity index (χ0n) is 14.6. The Morgan fingerprint density at radius 2 is 1.96 bits per heavy atom. The van der Waals surface area contributed by atoms with Crippen LogP contribution in [0.4, 0.5) is 5.69 Å². The van der Waals surface area contributed by atoms with Crippen molar-refractivity contribution < 1.29 is 22.7 Å². The smallest absolute Gasteiger partial charge is 0.327 e. The highest BCUT2D eigenvalue weighted by atomic mass is 32.2. The first kappa shape index (κ1) is 17.9. The largest absolute Gasteiger partial charge is 0.463 e. The van der Waals surface area contributed by atoms with Crippen LogP contribution >= 0.6 is 0 Å². The van der Waals surface area contributed by atoms with Crippen LogP contribution < -0.4 is 4.90 Å². The lowest BCUT2D eigenvalue weighted by Crippen LogP contribution is -2.58. The summed E-state index contributed by atoms with van der Waals surface area (Å²) in [5.74, 6) is -0.612. The van der Waals surface area contributed by atoms with Crippen molar-refractivity contribution >= 4 is 27.6 Å². The van der Waals surface area contributed by atoms with Crippen LogP contribution in [0.1, 0.15) is 32.8 Å². The molecule has 0 saturated carbocycles. The number of morpholine rings is 1. The van der Waals surface area contributed by atoms with E-state index in [2.05, 4.69) is 0 Å². The van der Waals surface area contributed by atoms with Gasteiger partial charge in [0.1, 0.15) is 12.1 Å². The van der Waals surface area contributed by atoms with Crippen molar-refractivity contribution in [3.63, 3.8) is 0 Å². The second-order valence-electron chi connectivity index (χ2n) is 6.84. The number of cyclic esters (lactones) is 1. The number of anilines is 1. The number of amides is 1. The average Bonchev–Trinajstić information content (AvgIpc) is 2.55. The molecule has 0 N–H and O–H groups in total. The van der Waals surface area contributed by atoms with E-state index in [-0.39, 0.29) is 24.0 Å². The molecule has 1 aromatic rings. The average molecular weight is 366 g/mol. The van der Waals surface area contributed by atoms with E-state index in [9.17, 15) is 18.0 Å². The van der Waals surface area contributed by atoms with Crippen molar-refractivity contribution in [1.82, 2.24) is 4.31 Å². The maximum Gasteiger partial charge on any atom is 0.327 e. The van der Waals surface area contributed by atoms with Gasteiger partial charge in [-0.1, -0.05) is 0 Å². The molecule has 0 unspecified atom stereocenters. The molecule has 3 rings (SSSR count). The summed E-state index contributed by atoms with van der Waals surface area (Å²) in [6.07, 6.45) is 1.51. The fourth-order valence-corrected chi connectivity index (χ4v) is 5.16. The van der Waals surface area contributed by atoms with Crippen molar-refractivity contribution in [1.29, 1.82) is 0 Å². The van der Waals surface area contributed by atoms with Crippen molar-refractivity contribution in [2.75, 3.05) is 24.6 Å². The van der Waals surface area contributed by atoms with E-state index in [4.69, 9.17) is 4.74 Å². The first-order valence-electron chi connectivity index (χ1n) is 8.27. The monoisotopic (exact) mass is 366 g/mol. The Morgan fingerprint density at radius 1 is 1.24 bits per heavy atom. The summed E-state index contributed by atoms with van der Waals surface area (Å²) in [5, 5.41) is 0. The molecule has 0 aliphatic carbocycles. The van der Waals surface area contributed by atoms with Crippen LogP contribution in [0.2, 0.25) is 0 Å². The van der Waals surface area contributed by atoms with E-state index >= 15 is 0 Å². The molecule has 1 saturated heterocycles. The summed E-state index contributed by atoms with van der Waals surface area (Å²) in [6, 6.07) is 4.80. The Hall–Kier alpha value is -1.93. The Balaban J connectivity index is 2.02. The molecular formula is C17H22N2O5S. The number of hydrogen-bond donors (Lipinski definition) is 0. The summed E-state index contributed by atoms with van der Waals surface area (Å²) in [6.45, 7) is 5.40. The molecule has 1 amide bonds. The van der Waals surface area contributed by atoms with Gasteiger partial charge in [-0.25, -0.2) is 8.42 Å². The second-order valence-corrected chi connectivity index (χ2v) is 8.70. The van der Waals surface area contributed by atoms with E-state index in [1.807, 2.05) is 0 Å². The van der Waals surface area contributed by atoms with Crippen LogP contribution in [0.25, 0.3) is 0 Å². The molecule has 0 atom stereocenters. The van der Waals surface area contributed by atoms with E-state index in [1.165, 1.54) is 17.3 Å². The SMILES string of the molecule is CC(=O)N1CCCc2cc(S(=O)(=O)N3CCOC(=O)C3(C)C)ccc21. The van der Waals surface area contributed by atoms with Gasteiger partial charge in [-0.3, -0.25) is 9.59 Å². The molecule has 2 aliphatic heterocycles. The fourth-order valence-electron chi connectivity index (χ4n) is 3.39. The third kappa shape index (κ3) is 2.93. The second kappa shape index (κ2) is 6.10. The number of esters is 1. The topological polar surface area (TPSA) is 84.0 Å². The molecule has 8 heteroatoms. The third-order valence-corrected chi connectivity index (χ3v) is 6.86. The van der Waals surface area contributed by atoms with Gasteiger partial charge in [-0.15, -0.1) is 0 Å². The van der Waals surface area contributed by atoms with E-state index in [1.54, 1.807) is 30.9 Å². The van der Waals surface area contributed by atoms with Gasteiger partial charge in [0, 0.05) is 25.7 Å². The number of carbonyl (C=O) groups excluding carboxylic acids is 2. The first-order valence-corrected chi connectivity index (χ1v) is 9.71. The molecule has 0 spiro atoms. The Labute approximate surface area is 147 Å². The number of hydrogen-bond acceptors (Lipinski definition) is 5. The van der Waals surface area contributed by atoms with Crippen molar-refractivity contribution in [3.05, 3.63) is 23.8 Å². The molecule has 136 valence electrons. The highest BCUT2D eigenvalue weighted by Crippen LogP contribution is 2.33. The van der Waals surface area contributed by atoms with Gasteiger partial charge in [-0.2, -0.15) is 4.31 Å². The minimum Gasteiger partial charge on any atom is -0.463 e. The molecule has 2 aliphatic rings. The summed E-state index contributed by atoms with van der Waals surface area (Å²) < 4.78 is 32.4. The van der Waals surface area contributed by atoms with E-state index in [0.717, 1.165) is 17.7 Å². The van der Waals surface area contributed by atoms with Gasteiger partial charge in [0.05, 0.1) is 4.90 Å². The molecule has 0 bridgehead atoms. The summed E-state index contributed by atoms with van der Waals surface area (Å²) >= 11 is 0. The lowest BCUT2D eigenvalue weighted by molar-refractivity contribution is -0.160. The number of rotatable bonds is 2. The molecule has 1 fully saturated rings. The predicted molar refractivity (Wildman–Crippen MR) is 91.7 cm³/mol. The van der Waals surface area contributed by atoms with Crippen LogP contribution in [0.15, 0.2) is 23.1 Å². The van der Waals surface area contributed by atoms with Gasteiger partial charge in [0.15, 0.2) is 0 Å². The van der Waals surface area contributed by atoms with Crippen LogP contribution in [0.3, 0.4) is 0 Å². The van der Waals surface area contributed by atoms with Crippen molar-refractivity contribution in [2.24, 2.45) is 0 Å². The molecule has 2 heterocycles. The normalized spacial score (nSPS) is 20.8. The van der Waals surface area contributed by atoms with Crippen LogP contribution in [0.5, 0.6) is 0 Å². The fraction of sp³-hybridized carbons (Fsp3) is 0.529. The lowest BCUT2D eigenvalue weighted by atomic mass is 10.0. The zero-order valence-corrected chi connectivity index (χ0v) is 15.4. The standard InChI is InChI=1S/C17H22N2O5S/c1-12(20)18-8-4-5-13-11-14(6-7-15(13)18)25(22,23)19-9-10-24-16(21)17(19,2)3/h6-7,11H,4-5,8-10H2,1-3H3.